The van der Waals surface area contributed by atoms with E-state index in [2.05, 4.69) is 19.2 Å². The Kier molecular flexibility index (Phi) is 5.58. The van der Waals surface area contributed by atoms with Gasteiger partial charge in [-0.15, -0.1) is 0 Å². The number of rotatable bonds is 6. The van der Waals surface area contributed by atoms with Gasteiger partial charge in [-0.1, -0.05) is 45.0 Å². The standard InChI is InChI=1S/C18H26N2O2/c1-4-11-20-16(21)12-14-7-5-6-8-15(14)17(20)18(22)19-10-9-13(2)3/h5-8,13,17H,4,9-12H2,1-3H3,(H,19,22). The Bertz CT molecular complexity index is 540. The smallest absolute Gasteiger partial charge is 0.247 e. The first-order valence-corrected chi connectivity index (χ1v) is 8.19. The summed E-state index contributed by atoms with van der Waals surface area (Å²) in [4.78, 5) is 26.8. The third-order valence-corrected chi connectivity index (χ3v) is 4.06. The highest BCUT2D eigenvalue weighted by atomic mass is 16.2. The van der Waals surface area contributed by atoms with E-state index in [1.165, 1.54) is 0 Å². The molecule has 0 spiro atoms. The number of fused-ring (bicyclic) bond motifs is 1. The van der Waals surface area contributed by atoms with Gasteiger partial charge < -0.3 is 10.2 Å². The molecule has 1 N–H and O–H groups in total. The summed E-state index contributed by atoms with van der Waals surface area (Å²) in [5, 5.41) is 3.00. The van der Waals surface area contributed by atoms with E-state index in [0.29, 0.717) is 25.4 Å². The molecule has 4 nitrogen and oxygen atoms in total. The first kappa shape index (κ1) is 16.5. The van der Waals surface area contributed by atoms with Crippen LogP contribution in [-0.4, -0.2) is 29.8 Å². The zero-order valence-electron chi connectivity index (χ0n) is 13.8. The van der Waals surface area contributed by atoms with Gasteiger partial charge in [0.05, 0.1) is 6.42 Å². The fourth-order valence-corrected chi connectivity index (χ4v) is 2.90. The van der Waals surface area contributed by atoms with Gasteiger partial charge in [-0.3, -0.25) is 9.59 Å². The molecule has 0 fully saturated rings. The minimum atomic E-state index is -0.482. The van der Waals surface area contributed by atoms with Gasteiger partial charge >= 0.3 is 0 Å². The molecule has 0 aliphatic carbocycles. The van der Waals surface area contributed by atoms with Crippen molar-refractivity contribution in [3.63, 3.8) is 0 Å². The zero-order chi connectivity index (χ0) is 16.1. The summed E-state index contributed by atoms with van der Waals surface area (Å²) in [6.07, 6.45) is 2.19. The predicted octanol–water partition coefficient (Wildman–Crippen LogP) is 2.68. The summed E-state index contributed by atoms with van der Waals surface area (Å²) in [7, 11) is 0. The van der Waals surface area contributed by atoms with E-state index < -0.39 is 6.04 Å². The van der Waals surface area contributed by atoms with Gasteiger partial charge in [-0.25, -0.2) is 0 Å². The van der Waals surface area contributed by atoms with Crippen LogP contribution in [0.15, 0.2) is 24.3 Å². The molecule has 1 aromatic carbocycles. The third-order valence-electron chi connectivity index (χ3n) is 4.06. The Morgan fingerprint density at radius 1 is 1.36 bits per heavy atom. The van der Waals surface area contributed by atoms with Gasteiger partial charge in [0.25, 0.3) is 0 Å². The van der Waals surface area contributed by atoms with Gasteiger partial charge in [0.2, 0.25) is 11.8 Å². The lowest BCUT2D eigenvalue weighted by atomic mass is 9.91. The lowest BCUT2D eigenvalue weighted by Crippen LogP contribution is -2.47. The molecule has 120 valence electrons. The lowest BCUT2D eigenvalue weighted by molar-refractivity contribution is -0.141. The molecule has 1 heterocycles. The predicted molar refractivity (Wildman–Crippen MR) is 87.4 cm³/mol. The summed E-state index contributed by atoms with van der Waals surface area (Å²) < 4.78 is 0. The van der Waals surface area contributed by atoms with E-state index in [4.69, 9.17) is 0 Å². The normalized spacial score (nSPS) is 17.5. The van der Waals surface area contributed by atoms with Crippen molar-refractivity contribution in [1.82, 2.24) is 10.2 Å². The summed E-state index contributed by atoms with van der Waals surface area (Å²) in [6, 6.07) is 7.30. The molecular weight excluding hydrogens is 276 g/mol. The maximum absolute atomic E-state index is 12.7. The second kappa shape index (κ2) is 7.43. The van der Waals surface area contributed by atoms with Crippen molar-refractivity contribution in [1.29, 1.82) is 0 Å². The molecule has 1 atom stereocenters. The number of benzene rings is 1. The van der Waals surface area contributed by atoms with Gasteiger partial charge in [0.1, 0.15) is 6.04 Å². The number of nitrogens with zero attached hydrogens (tertiary/aromatic N) is 1. The molecule has 1 aliphatic heterocycles. The van der Waals surface area contributed by atoms with Gasteiger partial charge in [-0.05, 0) is 29.9 Å². The molecule has 1 aromatic rings. The first-order valence-electron chi connectivity index (χ1n) is 8.19. The molecule has 0 saturated heterocycles. The van der Waals surface area contributed by atoms with Crippen LogP contribution in [0.2, 0.25) is 0 Å². The number of carbonyl (C=O) groups is 2. The van der Waals surface area contributed by atoms with Crippen molar-refractivity contribution in [3.05, 3.63) is 35.4 Å². The molecule has 0 aromatic heterocycles. The monoisotopic (exact) mass is 302 g/mol. The van der Waals surface area contributed by atoms with E-state index >= 15 is 0 Å². The summed E-state index contributed by atoms with van der Waals surface area (Å²) in [5.74, 6) is 0.534. The average Bonchev–Trinajstić information content (AvgIpc) is 2.47. The van der Waals surface area contributed by atoms with Crippen molar-refractivity contribution in [2.75, 3.05) is 13.1 Å². The fourth-order valence-electron chi connectivity index (χ4n) is 2.90. The Balaban J connectivity index is 2.22. The average molecular weight is 302 g/mol. The molecule has 1 aliphatic rings. The molecule has 22 heavy (non-hydrogen) atoms. The molecule has 2 rings (SSSR count). The molecular formula is C18H26N2O2. The Hall–Kier alpha value is -1.84. The highest BCUT2D eigenvalue weighted by Gasteiger charge is 2.36. The van der Waals surface area contributed by atoms with Crippen LogP contribution in [0.1, 0.15) is 50.8 Å². The van der Waals surface area contributed by atoms with Crippen molar-refractivity contribution in [2.45, 2.75) is 46.1 Å². The van der Waals surface area contributed by atoms with E-state index in [9.17, 15) is 9.59 Å². The van der Waals surface area contributed by atoms with Crippen molar-refractivity contribution in [2.24, 2.45) is 5.92 Å². The number of carbonyl (C=O) groups excluding carboxylic acids is 2. The molecule has 0 radical (unpaired) electrons. The minimum absolute atomic E-state index is 0.0459. The van der Waals surface area contributed by atoms with Crippen LogP contribution in [-0.2, 0) is 16.0 Å². The van der Waals surface area contributed by atoms with E-state index in [-0.39, 0.29) is 11.8 Å². The van der Waals surface area contributed by atoms with Crippen LogP contribution in [0.5, 0.6) is 0 Å². The third kappa shape index (κ3) is 3.67. The van der Waals surface area contributed by atoms with E-state index in [0.717, 1.165) is 24.0 Å². The van der Waals surface area contributed by atoms with Crippen molar-refractivity contribution >= 4 is 11.8 Å². The van der Waals surface area contributed by atoms with Crippen LogP contribution in [0, 0.1) is 5.92 Å². The quantitative estimate of drug-likeness (QED) is 0.878. The molecule has 0 bridgehead atoms. The van der Waals surface area contributed by atoms with Crippen LogP contribution >= 0.6 is 0 Å². The Morgan fingerprint density at radius 2 is 2.09 bits per heavy atom. The van der Waals surface area contributed by atoms with Gasteiger partial charge in [-0.2, -0.15) is 0 Å². The molecule has 1 unspecified atom stereocenters. The number of nitrogens with one attached hydrogen (secondary N) is 1. The summed E-state index contributed by atoms with van der Waals surface area (Å²) >= 11 is 0. The maximum atomic E-state index is 12.7. The maximum Gasteiger partial charge on any atom is 0.247 e. The Labute approximate surface area is 132 Å². The first-order chi connectivity index (χ1) is 10.5. The highest BCUT2D eigenvalue weighted by Crippen LogP contribution is 2.30. The van der Waals surface area contributed by atoms with Crippen molar-refractivity contribution in [3.8, 4) is 0 Å². The second-order valence-electron chi connectivity index (χ2n) is 6.34. The molecule has 4 heteroatoms. The van der Waals surface area contributed by atoms with Crippen LogP contribution in [0.4, 0.5) is 0 Å². The number of hydrogen-bond donors (Lipinski definition) is 1. The van der Waals surface area contributed by atoms with Crippen molar-refractivity contribution < 1.29 is 9.59 Å². The fraction of sp³-hybridized carbons (Fsp3) is 0.556. The van der Waals surface area contributed by atoms with Crippen LogP contribution < -0.4 is 5.32 Å². The van der Waals surface area contributed by atoms with E-state index in [1.807, 2.05) is 31.2 Å². The summed E-state index contributed by atoms with van der Waals surface area (Å²) in [5.41, 5.74) is 1.95. The minimum Gasteiger partial charge on any atom is -0.354 e. The molecule has 0 saturated carbocycles. The lowest BCUT2D eigenvalue weighted by Gasteiger charge is -2.36. The van der Waals surface area contributed by atoms with Crippen LogP contribution in [0.3, 0.4) is 0 Å². The largest absolute Gasteiger partial charge is 0.354 e. The SMILES string of the molecule is CCCN1C(=O)Cc2ccccc2C1C(=O)NCCC(C)C. The zero-order valence-corrected chi connectivity index (χ0v) is 13.8. The van der Waals surface area contributed by atoms with Gasteiger partial charge in [0, 0.05) is 13.1 Å². The van der Waals surface area contributed by atoms with Gasteiger partial charge in [0.15, 0.2) is 0 Å². The summed E-state index contributed by atoms with van der Waals surface area (Å²) in [6.45, 7) is 7.57. The van der Waals surface area contributed by atoms with Crippen LogP contribution in [0.25, 0.3) is 0 Å². The topological polar surface area (TPSA) is 49.4 Å². The Morgan fingerprint density at radius 3 is 2.77 bits per heavy atom. The second-order valence-corrected chi connectivity index (χ2v) is 6.34. The number of hydrogen-bond acceptors (Lipinski definition) is 2. The van der Waals surface area contributed by atoms with E-state index in [1.54, 1.807) is 4.90 Å². The number of amides is 2. The molecule has 2 amide bonds. The highest BCUT2D eigenvalue weighted by molar-refractivity contribution is 5.92.